The molecule has 1 aromatic rings. The van der Waals surface area contributed by atoms with Gasteiger partial charge in [-0.15, -0.1) is 0 Å². The first-order valence-electron chi connectivity index (χ1n) is 6.63. The maximum absolute atomic E-state index is 12.2. The first kappa shape index (κ1) is 15.3. The summed E-state index contributed by atoms with van der Waals surface area (Å²) in [7, 11) is -1.66. The fourth-order valence-electron chi connectivity index (χ4n) is 3.01. The number of hydrogen-bond acceptors (Lipinski definition) is 5. The van der Waals surface area contributed by atoms with Gasteiger partial charge in [-0.3, -0.25) is 0 Å². The van der Waals surface area contributed by atoms with Crippen molar-refractivity contribution in [2.75, 3.05) is 26.0 Å². The highest BCUT2D eigenvalue weighted by atomic mass is 32.2. The molecule has 1 fully saturated rings. The molecule has 3 N–H and O–H groups in total. The minimum absolute atomic E-state index is 0.0616. The molecule has 0 bridgehead atoms. The van der Waals surface area contributed by atoms with Crippen LogP contribution in [0.25, 0.3) is 0 Å². The third-order valence-corrected chi connectivity index (χ3v) is 6.64. The van der Waals surface area contributed by atoms with Gasteiger partial charge < -0.3 is 15.6 Å². The van der Waals surface area contributed by atoms with Crippen LogP contribution in [0.4, 0.5) is 0 Å². The zero-order chi connectivity index (χ0) is 15.0. The van der Waals surface area contributed by atoms with Gasteiger partial charge in [0.1, 0.15) is 5.75 Å². The van der Waals surface area contributed by atoms with Gasteiger partial charge in [-0.2, -0.15) is 0 Å². The number of aliphatic hydroxyl groups excluding tert-OH is 1. The molecule has 2 rings (SSSR count). The molecule has 0 spiro atoms. The van der Waals surface area contributed by atoms with E-state index in [-0.39, 0.29) is 24.8 Å². The van der Waals surface area contributed by atoms with Crippen LogP contribution >= 0.6 is 0 Å². The monoisotopic (exact) mass is 299 g/mol. The molecule has 0 unspecified atom stereocenters. The van der Waals surface area contributed by atoms with E-state index in [2.05, 4.69) is 0 Å². The Morgan fingerprint density at radius 3 is 2.35 bits per heavy atom. The highest BCUT2D eigenvalue weighted by Crippen LogP contribution is 2.62. The van der Waals surface area contributed by atoms with Gasteiger partial charge >= 0.3 is 0 Å². The molecule has 20 heavy (non-hydrogen) atoms. The Labute approximate surface area is 119 Å². The Morgan fingerprint density at radius 2 is 1.95 bits per heavy atom. The van der Waals surface area contributed by atoms with Crippen molar-refractivity contribution in [2.45, 2.75) is 18.1 Å². The van der Waals surface area contributed by atoms with E-state index in [1.165, 1.54) is 0 Å². The van der Waals surface area contributed by atoms with Crippen LogP contribution in [0.1, 0.15) is 18.4 Å². The molecule has 0 heterocycles. The van der Waals surface area contributed by atoms with Gasteiger partial charge in [-0.05, 0) is 17.7 Å². The minimum Gasteiger partial charge on any atom is -0.497 e. The normalized spacial score (nSPS) is 29.2. The van der Waals surface area contributed by atoms with E-state index in [0.29, 0.717) is 5.75 Å². The first-order valence-corrected chi connectivity index (χ1v) is 8.34. The molecular formula is C14H21NO4S. The zero-order valence-electron chi connectivity index (χ0n) is 11.7. The van der Waals surface area contributed by atoms with Crippen LogP contribution in [-0.2, 0) is 9.84 Å². The predicted molar refractivity (Wildman–Crippen MR) is 77.6 cm³/mol. The van der Waals surface area contributed by atoms with Gasteiger partial charge in [0.15, 0.2) is 9.84 Å². The van der Waals surface area contributed by atoms with Gasteiger partial charge in [0.25, 0.3) is 0 Å². The van der Waals surface area contributed by atoms with Crippen LogP contribution in [0, 0.1) is 5.41 Å². The topological polar surface area (TPSA) is 89.6 Å². The van der Waals surface area contributed by atoms with Gasteiger partial charge in [-0.25, -0.2) is 8.42 Å². The van der Waals surface area contributed by atoms with E-state index in [1.807, 2.05) is 12.1 Å². The maximum Gasteiger partial charge on any atom is 0.154 e. The number of rotatable bonds is 6. The second-order valence-electron chi connectivity index (χ2n) is 5.22. The molecule has 1 aliphatic rings. The van der Waals surface area contributed by atoms with Gasteiger partial charge in [-0.1, -0.05) is 19.1 Å². The van der Waals surface area contributed by atoms with E-state index in [4.69, 9.17) is 10.5 Å². The average Bonchev–Trinajstić information content (AvgIpc) is 3.18. The largest absolute Gasteiger partial charge is 0.497 e. The van der Waals surface area contributed by atoms with Crippen molar-refractivity contribution in [3.8, 4) is 5.75 Å². The smallest absolute Gasteiger partial charge is 0.154 e. The summed E-state index contributed by atoms with van der Waals surface area (Å²) in [6.45, 7) is 1.56. The van der Waals surface area contributed by atoms with Crippen molar-refractivity contribution in [2.24, 2.45) is 11.1 Å². The number of sulfone groups is 1. The molecule has 0 saturated heterocycles. The van der Waals surface area contributed by atoms with Crippen molar-refractivity contribution in [1.29, 1.82) is 0 Å². The molecule has 0 radical (unpaired) electrons. The molecule has 6 heteroatoms. The van der Waals surface area contributed by atoms with Crippen LogP contribution in [0.5, 0.6) is 5.75 Å². The van der Waals surface area contributed by atoms with Crippen LogP contribution < -0.4 is 10.5 Å². The Hall–Kier alpha value is -1.11. The third-order valence-electron chi connectivity index (χ3n) is 4.32. The molecule has 0 amide bonds. The molecule has 0 aliphatic heterocycles. The zero-order valence-corrected chi connectivity index (χ0v) is 12.6. The van der Waals surface area contributed by atoms with Crippen LogP contribution in [0.3, 0.4) is 0 Å². The van der Waals surface area contributed by atoms with Gasteiger partial charge in [0, 0.05) is 23.6 Å². The lowest BCUT2D eigenvalue weighted by Gasteiger charge is -2.11. The Morgan fingerprint density at radius 1 is 1.35 bits per heavy atom. The number of aliphatic hydroxyl groups is 1. The average molecular weight is 299 g/mol. The minimum atomic E-state index is -3.24. The summed E-state index contributed by atoms with van der Waals surface area (Å²) in [6.07, 6.45) is 0. The second-order valence-corrected chi connectivity index (χ2v) is 7.63. The molecule has 1 aliphatic carbocycles. The van der Waals surface area contributed by atoms with Crippen LogP contribution in [-0.4, -0.2) is 44.8 Å². The highest BCUT2D eigenvalue weighted by molar-refractivity contribution is 7.92. The van der Waals surface area contributed by atoms with E-state index >= 15 is 0 Å². The van der Waals surface area contributed by atoms with E-state index in [1.54, 1.807) is 26.2 Å². The highest BCUT2D eigenvalue weighted by Gasteiger charge is 2.69. The van der Waals surface area contributed by atoms with Crippen molar-refractivity contribution < 1.29 is 18.3 Å². The number of methoxy groups -OCH3 is 1. The lowest BCUT2D eigenvalue weighted by molar-refractivity contribution is 0.212. The van der Waals surface area contributed by atoms with Gasteiger partial charge in [0.2, 0.25) is 0 Å². The SMILES string of the molecule is CCS(=O)(=O)[C@H]1[C@H](c2ccc(OC)cc2)[C@@]1(CN)CO. The molecule has 0 aromatic heterocycles. The summed E-state index contributed by atoms with van der Waals surface area (Å²) in [6, 6.07) is 7.27. The van der Waals surface area contributed by atoms with E-state index in [9.17, 15) is 13.5 Å². The fourth-order valence-corrected chi connectivity index (χ4v) is 5.17. The van der Waals surface area contributed by atoms with Crippen LogP contribution in [0.2, 0.25) is 0 Å². The molecule has 1 aromatic carbocycles. The third kappa shape index (κ3) is 2.21. The number of nitrogens with two attached hydrogens (primary N) is 1. The summed E-state index contributed by atoms with van der Waals surface area (Å²) in [5.74, 6) is 0.534. The standard InChI is InChI=1S/C14H21NO4S/c1-3-20(17,18)13-12(14(13,8-15)9-16)10-4-6-11(19-2)7-5-10/h4-7,12-13,16H,3,8-9,15H2,1-2H3/t12-,13-,14+/m0/s1. The quantitative estimate of drug-likeness (QED) is 0.800. The lowest BCUT2D eigenvalue weighted by atomic mass is 10.00. The van der Waals surface area contributed by atoms with Crippen molar-refractivity contribution in [1.82, 2.24) is 0 Å². The van der Waals surface area contributed by atoms with Crippen molar-refractivity contribution in [3.63, 3.8) is 0 Å². The number of benzene rings is 1. The summed E-state index contributed by atoms with van der Waals surface area (Å²) < 4.78 is 29.5. The molecular weight excluding hydrogens is 278 g/mol. The molecule has 3 atom stereocenters. The summed E-state index contributed by atoms with van der Waals surface area (Å²) >= 11 is 0. The fraction of sp³-hybridized carbons (Fsp3) is 0.571. The summed E-state index contributed by atoms with van der Waals surface area (Å²) in [4.78, 5) is 0. The lowest BCUT2D eigenvalue weighted by Crippen LogP contribution is -2.28. The summed E-state index contributed by atoms with van der Waals surface area (Å²) in [5.41, 5.74) is 5.89. The first-order chi connectivity index (χ1) is 9.46. The Kier molecular flexibility index (Phi) is 4.09. The number of hydrogen-bond donors (Lipinski definition) is 2. The Balaban J connectivity index is 2.38. The summed E-state index contributed by atoms with van der Waals surface area (Å²) in [5, 5.41) is 9.06. The van der Waals surface area contributed by atoms with E-state index < -0.39 is 20.5 Å². The number of ether oxygens (including phenoxy) is 1. The maximum atomic E-state index is 12.2. The predicted octanol–water partition coefficient (Wildman–Crippen LogP) is 0.533. The van der Waals surface area contributed by atoms with Crippen LogP contribution in [0.15, 0.2) is 24.3 Å². The Bertz CT molecular complexity index is 563. The van der Waals surface area contributed by atoms with Crippen molar-refractivity contribution in [3.05, 3.63) is 29.8 Å². The molecule has 112 valence electrons. The molecule has 1 saturated carbocycles. The second kappa shape index (κ2) is 5.35. The molecule has 5 nitrogen and oxygen atoms in total. The van der Waals surface area contributed by atoms with Crippen molar-refractivity contribution >= 4 is 9.84 Å². The van der Waals surface area contributed by atoms with E-state index in [0.717, 1.165) is 5.56 Å². The van der Waals surface area contributed by atoms with Gasteiger partial charge in [0.05, 0.1) is 19.0 Å².